The molecule has 1 aliphatic heterocycles. The molecule has 2 rings (SSSR count). The zero-order valence-corrected chi connectivity index (χ0v) is 10.4. The van der Waals surface area contributed by atoms with E-state index in [1.165, 1.54) is 13.2 Å². The van der Waals surface area contributed by atoms with E-state index >= 15 is 0 Å². The third-order valence-corrected chi connectivity index (χ3v) is 3.12. The van der Waals surface area contributed by atoms with E-state index in [0.29, 0.717) is 12.1 Å². The molecule has 0 unspecified atom stereocenters. The molecule has 4 nitrogen and oxygen atoms in total. The summed E-state index contributed by atoms with van der Waals surface area (Å²) in [7, 11) is 1.32. The number of hydrogen-bond acceptors (Lipinski definition) is 3. The molecule has 0 aromatic heterocycles. The lowest BCUT2D eigenvalue weighted by Gasteiger charge is -2.25. The van der Waals surface area contributed by atoms with Crippen molar-refractivity contribution in [2.45, 2.75) is 13.0 Å². The van der Waals surface area contributed by atoms with Gasteiger partial charge < -0.3 is 9.64 Å². The van der Waals surface area contributed by atoms with Crippen LogP contribution in [0.3, 0.4) is 0 Å². The lowest BCUT2D eigenvalue weighted by molar-refractivity contribution is -0.136. The normalized spacial score (nSPS) is 16.4. The first-order chi connectivity index (χ1) is 8.63. The Labute approximate surface area is 106 Å². The van der Waals surface area contributed by atoms with Crippen molar-refractivity contribution in [1.29, 1.82) is 0 Å². The number of benzene rings is 1. The molecule has 18 heavy (non-hydrogen) atoms. The van der Waals surface area contributed by atoms with Crippen molar-refractivity contribution in [3.8, 4) is 0 Å². The highest BCUT2D eigenvalue weighted by Crippen LogP contribution is 2.25. The lowest BCUT2D eigenvalue weighted by Crippen LogP contribution is -2.29. The molecule has 0 N–H and O–H groups in total. The molecule has 0 saturated carbocycles. The van der Waals surface area contributed by atoms with Crippen LogP contribution in [0.4, 0.5) is 0 Å². The molecule has 0 saturated heterocycles. The highest BCUT2D eigenvalue weighted by molar-refractivity contribution is 6.02. The number of rotatable bonds is 3. The van der Waals surface area contributed by atoms with Crippen LogP contribution in [0.25, 0.3) is 0 Å². The van der Waals surface area contributed by atoms with Gasteiger partial charge in [-0.3, -0.25) is 4.79 Å². The van der Waals surface area contributed by atoms with E-state index in [2.05, 4.69) is 4.74 Å². The molecular weight excluding hydrogens is 230 g/mol. The van der Waals surface area contributed by atoms with Gasteiger partial charge in [0, 0.05) is 6.08 Å². The smallest absolute Gasteiger partial charge is 0.335 e. The fourth-order valence-corrected chi connectivity index (χ4v) is 2.03. The molecule has 0 bridgehead atoms. The van der Waals surface area contributed by atoms with Gasteiger partial charge in [-0.05, 0) is 12.5 Å². The molecule has 1 heterocycles. The van der Waals surface area contributed by atoms with Crippen LogP contribution in [0.1, 0.15) is 18.5 Å². The SMILES string of the molecule is COC(=O)C1=CC(=O)N([C@@H](C)c2ccccc2)C1. The molecule has 94 valence electrons. The number of methoxy groups -OCH3 is 1. The Balaban J connectivity index is 2.14. The lowest BCUT2D eigenvalue weighted by atomic mass is 10.1. The van der Waals surface area contributed by atoms with Gasteiger partial charge in [0.1, 0.15) is 0 Å². The van der Waals surface area contributed by atoms with Crippen molar-refractivity contribution >= 4 is 11.9 Å². The summed E-state index contributed by atoms with van der Waals surface area (Å²) in [4.78, 5) is 24.9. The quantitative estimate of drug-likeness (QED) is 0.761. The third-order valence-electron chi connectivity index (χ3n) is 3.12. The highest BCUT2D eigenvalue weighted by Gasteiger charge is 2.30. The van der Waals surface area contributed by atoms with Crippen molar-refractivity contribution < 1.29 is 14.3 Å². The molecule has 1 amide bonds. The Bertz CT molecular complexity index is 493. The Morgan fingerprint density at radius 1 is 1.33 bits per heavy atom. The van der Waals surface area contributed by atoms with Gasteiger partial charge in [-0.2, -0.15) is 0 Å². The summed E-state index contributed by atoms with van der Waals surface area (Å²) in [5, 5.41) is 0. The first kappa shape index (κ1) is 12.4. The second kappa shape index (κ2) is 5.04. The van der Waals surface area contributed by atoms with E-state index in [0.717, 1.165) is 5.56 Å². The topological polar surface area (TPSA) is 46.6 Å². The third kappa shape index (κ3) is 2.27. The van der Waals surface area contributed by atoms with Crippen LogP contribution >= 0.6 is 0 Å². The Kier molecular flexibility index (Phi) is 3.46. The Morgan fingerprint density at radius 2 is 2.00 bits per heavy atom. The fourth-order valence-electron chi connectivity index (χ4n) is 2.03. The monoisotopic (exact) mass is 245 g/mol. The van der Waals surface area contributed by atoms with E-state index in [4.69, 9.17) is 0 Å². The maximum Gasteiger partial charge on any atom is 0.335 e. The minimum absolute atomic E-state index is 0.0582. The van der Waals surface area contributed by atoms with E-state index in [1.807, 2.05) is 37.3 Å². The second-order valence-corrected chi connectivity index (χ2v) is 4.21. The summed E-state index contributed by atoms with van der Waals surface area (Å²) < 4.78 is 4.63. The van der Waals surface area contributed by atoms with E-state index < -0.39 is 5.97 Å². The van der Waals surface area contributed by atoms with Gasteiger partial charge in [0.05, 0.1) is 25.3 Å². The predicted octanol–water partition coefficient (Wildman–Crippen LogP) is 1.69. The van der Waals surface area contributed by atoms with Gasteiger partial charge >= 0.3 is 5.97 Å². The van der Waals surface area contributed by atoms with Gasteiger partial charge in [-0.25, -0.2) is 4.79 Å². The molecule has 0 spiro atoms. The first-order valence-electron chi connectivity index (χ1n) is 5.78. The van der Waals surface area contributed by atoms with Crippen LogP contribution in [-0.2, 0) is 14.3 Å². The van der Waals surface area contributed by atoms with E-state index in [9.17, 15) is 9.59 Å². The molecule has 1 aromatic rings. The van der Waals surface area contributed by atoms with Crippen molar-refractivity contribution in [3.63, 3.8) is 0 Å². The molecule has 0 aliphatic carbocycles. The van der Waals surface area contributed by atoms with Crippen molar-refractivity contribution in [3.05, 3.63) is 47.5 Å². The van der Waals surface area contributed by atoms with Crippen molar-refractivity contribution in [1.82, 2.24) is 4.90 Å². The number of amides is 1. The van der Waals surface area contributed by atoms with Gasteiger partial charge in [-0.1, -0.05) is 30.3 Å². The summed E-state index contributed by atoms with van der Waals surface area (Å²) in [5.41, 5.74) is 1.45. The minimum Gasteiger partial charge on any atom is -0.466 e. The van der Waals surface area contributed by atoms with Gasteiger partial charge in [0.15, 0.2) is 0 Å². The van der Waals surface area contributed by atoms with Gasteiger partial charge in [0.2, 0.25) is 5.91 Å². The number of ether oxygens (including phenoxy) is 1. The maximum atomic E-state index is 11.9. The van der Waals surface area contributed by atoms with Crippen LogP contribution in [0.2, 0.25) is 0 Å². The van der Waals surface area contributed by atoms with Crippen molar-refractivity contribution in [2.24, 2.45) is 0 Å². The minimum atomic E-state index is -0.439. The van der Waals surface area contributed by atoms with E-state index in [1.54, 1.807) is 4.90 Å². The largest absolute Gasteiger partial charge is 0.466 e. The molecule has 4 heteroatoms. The Morgan fingerprint density at radius 3 is 2.61 bits per heavy atom. The van der Waals surface area contributed by atoms with Crippen LogP contribution in [0.5, 0.6) is 0 Å². The number of hydrogen-bond donors (Lipinski definition) is 0. The average molecular weight is 245 g/mol. The average Bonchev–Trinajstić information content (AvgIpc) is 2.80. The zero-order chi connectivity index (χ0) is 13.1. The van der Waals surface area contributed by atoms with Crippen LogP contribution < -0.4 is 0 Å². The summed E-state index contributed by atoms with van der Waals surface area (Å²) in [6.45, 7) is 2.25. The molecule has 1 aromatic carbocycles. The molecule has 0 radical (unpaired) electrons. The van der Waals surface area contributed by atoms with Crippen LogP contribution in [0.15, 0.2) is 42.0 Å². The summed E-state index contributed by atoms with van der Waals surface area (Å²) in [6.07, 6.45) is 1.35. The van der Waals surface area contributed by atoms with Crippen molar-refractivity contribution in [2.75, 3.05) is 13.7 Å². The Hall–Kier alpha value is -2.10. The summed E-state index contributed by atoms with van der Waals surface area (Å²) in [5.74, 6) is -0.585. The second-order valence-electron chi connectivity index (χ2n) is 4.21. The molecular formula is C14H15NO3. The zero-order valence-electron chi connectivity index (χ0n) is 10.4. The molecule has 0 fully saturated rings. The summed E-state index contributed by atoms with van der Waals surface area (Å²) >= 11 is 0. The first-order valence-corrected chi connectivity index (χ1v) is 5.78. The number of carbonyl (C=O) groups is 2. The number of esters is 1. The molecule has 1 atom stereocenters. The highest BCUT2D eigenvalue weighted by atomic mass is 16.5. The van der Waals surface area contributed by atoms with Crippen LogP contribution in [-0.4, -0.2) is 30.4 Å². The van der Waals surface area contributed by atoms with Gasteiger partial charge in [0.25, 0.3) is 0 Å². The number of carbonyl (C=O) groups excluding carboxylic acids is 2. The van der Waals surface area contributed by atoms with Gasteiger partial charge in [-0.15, -0.1) is 0 Å². The maximum absolute atomic E-state index is 11.9. The fraction of sp³-hybridized carbons (Fsp3) is 0.286. The van der Waals surface area contributed by atoms with Crippen LogP contribution in [0, 0.1) is 0 Å². The standard InChI is InChI=1S/C14H15NO3/c1-10(11-6-4-3-5-7-11)15-9-12(8-13(15)16)14(17)18-2/h3-8,10H,9H2,1-2H3/t10-/m0/s1. The predicted molar refractivity (Wildman–Crippen MR) is 66.7 cm³/mol. The number of nitrogens with zero attached hydrogens (tertiary/aromatic N) is 1. The molecule has 1 aliphatic rings. The summed E-state index contributed by atoms with van der Waals surface area (Å²) in [6, 6.07) is 9.67. The van der Waals surface area contributed by atoms with E-state index in [-0.39, 0.29) is 11.9 Å².